The van der Waals surface area contributed by atoms with Crippen molar-refractivity contribution < 1.29 is 32.3 Å². The van der Waals surface area contributed by atoms with Gasteiger partial charge in [0.05, 0.1) is 29.0 Å². The van der Waals surface area contributed by atoms with Crippen LogP contribution in [0.25, 0.3) is 22.0 Å². The van der Waals surface area contributed by atoms with Gasteiger partial charge in [0.2, 0.25) is 21.8 Å². The van der Waals surface area contributed by atoms with E-state index in [4.69, 9.17) is 9.47 Å². The molecule has 1 aliphatic heterocycles. The number of fused-ring (bicyclic) bond motifs is 1. The van der Waals surface area contributed by atoms with E-state index in [-0.39, 0.29) is 34.6 Å². The van der Waals surface area contributed by atoms with Crippen molar-refractivity contribution in [2.75, 3.05) is 38.2 Å². The minimum atomic E-state index is -3.69. The number of carbonyl (C=O) groups is 3. The Labute approximate surface area is 320 Å². The minimum Gasteiger partial charge on any atom is -0.444 e. The van der Waals surface area contributed by atoms with E-state index < -0.39 is 33.7 Å². The first-order chi connectivity index (χ1) is 26.2. The van der Waals surface area contributed by atoms with Crippen LogP contribution in [0.1, 0.15) is 57.6 Å². The smallest absolute Gasteiger partial charge is 0.407 e. The summed E-state index contributed by atoms with van der Waals surface area (Å²) in [5, 5.41) is 14.5. The predicted octanol–water partition coefficient (Wildman–Crippen LogP) is 4.85. The summed E-state index contributed by atoms with van der Waals surface area (Å²) in [5.41, 5.74) is 3.44. The number of morpholine rings is 1. The SMILES string of the molecule is Cc1ccc(S(=O)(=O)N2CCOCC2)cc1-c1ccc(CC(NC(=O)C2CCC(CNC(=O)OC(C)(C)C)CC2)C(=O)Nc2ccc3c(=O)[nH][nH]c3c2)cc1. The van der Waals surface area contributed by atoms with Crippen LogP contribution < -0.4 is 21.5 Å². The quantitative estimate of drug-likeness (QED) is 0.143. The van der Waals surface area contributed by atoms with Gasteiger partial charge in [0.25, 0.3) is 5.56 Å². The lowest BCUT2D eigenvalue weighted by molar-refractivity contribution is -0.130. The lowest BCUT2D eigenvalue weighted by Crippen LogP contribution is -2.48. The first-order valence-electron chi connectivity index (χ1n) is 18.7. The summed E-state index contributed by atoms with van der Waals surface area (Å²) >= 11 is 0. The highest BCUT2D eigenvalue weighted by Gasteiger charge is 2.31. The van der Waals surface area contributed by atoms with Gasteiger partial charge in [-0.15, -0.1) is 0 Å². The number of aryl methyl sites for hydroxylation is 1. The van der Waals surface area contributed by atoms with Crippen molar-refractivity contribution >= 4 is 44.5 Å². The van der Waals surface area contributed by atoms with Gasteiger partial charge in [-0.1, -0.05) is 30.3 Å². The lowest BCUT2D eigenvalue weighted by atomic mass is 9.81. The third-order valence-corrected chi connectivity index (χ3v) is 12.0. The molecule has 1 atom stereocenters. The van der Waals surface area contributed by atoms with Crippen molar-refractivity contribution in [2.24, 2.45) is 11.8 Å². The number of nitrogens with one attached hydrogen (secondary N) is 5. The number of alkyl carbamates (subject to hydrolysis) is 1. The normalized spacial score (nSPS) is 18.7. The monoisotopic (exact) mass is 774 g/mol. The second-order valence-electron chi connectivity index (χ2n) is 15.4. The summed E-state index contributed by atoms with van der Waals surface area (Å²) in [4.78, 5) is 51.9. The highest BCUT2D eigenvalue weighted by atomic mass is 32.2. The number of sulfonamides is 1. The molecule has 1 saturated carbocycles. The Bertz CT molecular complexity index is 2180. The van der Waals surface area contributed by atoms with Crippen LogP contribution in [0.5, 0.6) is 0 Å². The summed E-state index contributed by atoms with van der Waals surface area (Å²) in [6, 6.07) is 16.7. The molecule has 3 aromatic carbocycles. The van der Waals surface area contributed by atoms with Crippen molar-refractivity contribution in [1.29, 1.82) is 0 Å². The number of benzene rings is 3. The van der Waals surface area contributed by atoms with E-state index in [9.17, 15) is 27.6 Å². The summed E-state index contributed by atoms with van der Waals surface area (Å²) < 4.78 is 38.9. The number of rotatable bonds is 11. The zero-order valence-corrected chi connectivity index (χ0v) is 32.5. The first-order valence-corrected chi connectivity index (χ1v) is 20.2. The van der Waals surface area contributed by atoms with E-state index in [2.05, 4.69) is 26.1 Å². The van der Waals surface area contributed by atoms with Crippen LogP contribution in [0.2, 0.25) is 0 Å². The number of carbonyl (C=O) groups excluding carboxylic acids is 3. The van der Waals surface area contributed by atoms with E-state index in [0.29, 0.717) is 62.3 Å². The molecule has 0 radical (unpaired) electrons. The highest BCUT2D eigenvalue weighted by molar-refractivity contribution is 7.89. The van der Waals surface area contributed by atoms with Crippen molar-refractivity contribution in [3.63, 3.8) is 0 Å². The van der Waals surface area contributed by atoms with Gasteiger partial charge in [-0.25, -0.2) is 13.2 Å². The maximum absolute atomic E-state index is 13.8. The molecular weight excluding hydrogens is 725 g/mol. The van der Waals surface area contributed by atoms with Gasteiger partial charge in [0.15, 0.2) is 0 Å². The molecule has 2 heterocycles. The van der Waals surface area contributed by atoms with Crippen molar-refractivity contribution in [1.82, 2.24) is 25.1 Å². The lowest BCUT2D eigenvalue weighted by Gasteiger charge is -2.29. The maximum atomic E-state index is 13.8. The maximum Gasteiger partial charge on any atom is 0.407 e. The van der Waals surface area contributed by atoms with E-state index in [1.165, 1.54) is 4.31 Å². The average Bonchev–Trinajstić information content (AvgIpc) is 3.53. The first kappa shape index (κ1) is 39.7. The summed E-state index contributed by atoms with van der Waals surface area (Å²) in [6.45, 7) is 9.16. The highest BCUT2D eigenvalue weighted by Crippen LogP contribution is 2.30. The third kappa shape index (κ3) is 10.0. The second kappa shape index (κ2) is 16.8. The molecule has 4 aromatic rings. The number of ether oxygens (including phenoxy) is 2. The Morgan fingerprint density at radius 3 is 2.35 bits per heavy atom. The topological polar surface area (TPSA) is 192 Å². The van der Waals surface area contributed by atoms with Gasteiger partial charge in [-0.05, 0) is 112 Å². The molecule has 1 aromatic heterocycles. The predicted molar refractivity (Wildman–Crippen MR) is 209 cm³/mol. The number of amides is 3. The van der Waals surface area contributed by atoms with Gasteiger partial charge >= 0.3 is 6.09 Å². The summed E-state index contributed by atoms with van der Waals surface area (Å²) in [5.74, 6) is -0.704. The number of aromatic nitrogens is 2. The van der Waals surface area contributed by atoms with E-state index in [1.54, 1.807) is 36.4 Å². The Morgan fingerprint density at radius 1 is 0.945 bits per heavy atom. The summed E-state index contributed by atoms with van der Waals surface area (Å²) in [7, 11) is -3.69. The van der Waals surface area contributed by atoms with Crippen molar-refractivity contribution in [3.05, 3.63) is 82.1 Å². The molecular formula is C40H50N6O8S. The molecule has 0 bridgehead atoms. The van der Waals surface area contributed by atoms with Crippen LogP contribution in [0.15, 0.2) is 70.4 Å². The zero-order chi connectivity index (χ0) is 39.3. The Kier molecular flexibility index (Phi) is 12.1. The van der Waals surface area contributed by atoms with Crippen LogP contribution in [0, 0.1) is 18.8 Å². The zero-order valence-electron chi connectivity index (χ0n) is 31.7. The largest absolute Gasteiger partial charge is 0.444 e. The molecule has 15 heteroatoms. The molecule has 1 unspecified atom stereocenters. The third-order valence-electron chi connectivity index (χ3n) is 10.1. The van der Waals surface area contributed by atoms with Gasteiger partial charge in [-0.3, -0.25) is 24.6 Å². The van der Waals surface area contributed by atoms with Crippen LogP contribution in [-0.4, -0.2) is 85.3 Å². The molecule has 14 nitrogen and oxygen atoms in total. The number of hydrogen-bond donors (Lipinski definition) is 5. The number of aromatic amines is 2. The Morgan fingerprint density at radius 2 is 1.65 bits per heavy atom. The molecule has 1 saturated heterocycles. The van der Waals surface area contributed by atoms with Gasteiger partial charge in [0.1, 0.15) is 11.6 Å². The standard InChI is InChI=1S/C40H50N6O8S/c1-25-5-15-31(55(51,52)46-17-19-53-20-18-46)23-33(25)28-10-6-26(7-11-28)21-35(38(49)42-30-14-16-32-34(22-30)44-45-37(32)48)43-36(47)29-12-8-27(9-13-29)24-41-39(50)54-40(2,3)4/h5-7,10-11,14-16,22-23,27,29,35H,8-9,12-13,17-21,24H2,1-4H3,(H,41,50)(H,42,49)(H,43,47)(H2,44,45,48). The summed E-state index contributed by atoms with van der Waals surface area (Å²) in [6.07, 6.45) is 2.46. The molecule has 55 heavy (non-hydrogen) atoms. The number of hydrogen-bond acceptors (Lipinski definition) is 8. The average molecular weight is 775 g/mol. The van der Waals surface area contributed by atoms with Gasteiger partial charge in [-0.2, -0.15) is 4.31 Å². The van der Waals surface area contributed by atoms with E-state index in [1.807, 2.05) is 52.0 Å². The molecule has 1 aliphatic carbocycles. The van der Waals surface area contributed by atoms with Crippen LogP contribution in [0.4, 0.5) is 10.5 Å². The fourth-order valence-corrected chi connectivity index (χ4v) is 8.51. The fourth-order valence-electron chi connectivity index (χ4n) is 7.08. The molecule has 294 valence electrons. The molecule has 6 rings (SSSR count). The van der Waals surface area contributed by atoms with Crippen molar-refractivity contribution in [3.8, 4) is 11.1 Å². The number of nitrogens with zero attached hydrogens (tertiary/aromatic N) is 1. The molecule has 5 N–H and O–H groups in total. The second-order valence-corrected chi connectivity index (χ2v) is 17.3. The van der Waals surface area contributed by atoms with E-state index >= 15 is 0 Å². The van der Waals surface area contributed by atoms with Gasteiger partial charge in [0, 0.05) is 37.7 Å². The number of anilines is 1. The molecule has 2 aliphatic rings. The Hall–Kier alpha value is -4.99. The van der Waals surface area contributed by atoms with Gasteiger partial charge < -0.3 is 25.4 Å². The minimum absolute atomic E-state index is 0.195. The van der Waals surface area contributed by atoms with Crippen LogP contribution >= 0.6 is 0 Å². The molecule has 3 amide bonds. The molecule has 2 fully saturated rings. The van der Waals surface area contributed by atoms with Crippen LogP contribution in [-0.2, 0) is 35.5 Å². The fraction of sp³-hybridized carbons (Fsp3) is 0.450. The number of H-pyrrole nitrogens is 2. The molecule has 0 spiro atoms. The van der Waals surface area contributed by atoms with Crippen LogP contribution in [0.3, 0.4) is 0 Å². The van der Waals surface area contributed by atoms with E-state index in [0.717, 1.165) is 35.1 Å². The Balaban J connectivity index is 1.15. The van der Waals surface area contributed by atoms with Crippen molar-refractivity contribution in [2.45, 2.75) is 76.3 Å².